The van der Waals surface area contributed by atoms with Crippen molar-refractivity contribution in [3.8, 4) is 12.3 Å². The van der Waals surface area contributed by atoms with Gasteiger partial charge in [0, 0.05) is 23.2 Å². The van der Waals surface area contributed by atoms with E-state index >= 15 is 0 Å². The van der Waals surface area contributed by atoms with Crippen molar-refractivity contribution in [3.63, 3.8) is 0 Å². The van der Waals surface area contributed by atoms with Crippen molar-refractivity contribution in [1.82, 2.24) is 0 Å². The molecule has 1 heterocycles. The number of hydrogen-bond donors (Lipinski definition) is 1. The first-order chi connectivity index (χ1) is 6.31. The number of benzene rings is 1. The van der Waals surface area contributed by atoms with Gasteiger partial charge in [0.05, 0.1) is 6.54 Å². The Bertz CT molecular complexity index is 401. The number of rotatable bonds is 0. The molecule has 62 valence electrons. The van der Waals surface area contributed by atoms with Crippen LogP contribution in [-0.2, 0) is 0 Å². The van der Waals surface area contributed by atoms with Crippen LogP contribution in [0.1, 0.15) is 22.3 Å². The zero-order chi connectivity index (χ0) is 9.26. The third-order valence-corrected chi connectivity index (χ3v) is 1.96. The molecule has 2 nitrogen and oxygen atoms in total. The van der Waals surface area contributed by atoms with Crippen LogP contribution in [0.2, 0.25) is 0 Å². The molecule has 1 N–H and O–H groups in total. The van der Waals surface area contributed by atoms with Crippen LogP contribution < -0.4 is 5.32 Å². The van der Waals surface area contributed by atoms with E-state index in [1.807, 2.05) is 0 Å². The molecule has 2 heteroatoms. The third kappa shape index (κ3) is 1.29. The van der Waals surface area contributed by atoms with E-state index in [9.17, 15) is 4.79 Å². The third-order valence-electron chi connectivity index (χ3n) is 1.96. The minimum atomic E-state index is 0.0809. The summed E-state index contributed by atoms with van der Waals surface area (Å²) in [5.41, 5.74) is 2.22. The standard InChI is InChI=1S/C11H7NO/c1-2-8-3-4-9-10(7-8)12-6-5-11(9)13/h1,3-4,7,12H,5H2. The van der Waals surface area contributed by atoms with E-state index in [0.29, 0.717) is 12.0 Å². The van der Waals surface area contributed by atoms with E-state index < -0.39 is 0 Å². The lowest BCUT2D eigenvalue weighted by Gasteiger charge is -2.15. The number of fused-ring (bicyclic) bond motifs is 1. The van der Waals surface area contributed by atoms with Crippen molar-refractivity contribution in [1.29, 1.82) is 0 Å². The topological polar surface area (TPSA) is 29.1 Å². The van der Waals surface area contributed by atoms with Crippen LogP contribution in [0.4, 0.5) is 5.69 Å². The Balaban J connectivity index is 2.53. The van der Waals surface area contributed by atoms with Gasteiger partial charge in [0.1, 0.15) is 0 Å². The predicted octanol–water partition coefficient (Wildman–Crippen LogP) is 1.70. The summed E-state index contributed by atoms with van der Waals surface area (Å²) in [6, 6.07) is 5.30. The van der Waals surface area contributed by atoms with Crippen molar-refractivity contribution in [3.05, 3.63) is 35.9 Å². The van der Waals surface area contributed by atoms with Gasteiger partial charge in [0.2, 0.25) is 0 Å². The van der Waals surface area contributed by atoms with Crippen molar-refractivity contribution in [2.75, 3.05) is 5.32 Å². The van der Waals surface area contributed by atoms with Gasteiger partial charge in [-0.1, -0.05) is 5.92 Å². The number of carbonyl (C=O) groups excluding carboxylic acids is 1. The smallest absolute Gasteiger partial charge is 0.167 e. The van der Waals surface area contributed by atoms with Gasteiger partial charge in [-0.05, 0) is 18.2 Å². The summed E-state index contributed by atoms with van der Waals surface area (Å²) in [6.07, 6.45) is 5.56. The molecule has 0 fully saturated rings. The van der Waals surface area contributed by atoms with E-state index in [-0.39, 0.29) is 5.78 Å². The van der Waals surface area contributed by atoms with E-state index in [4.69, 9.17) is 6.42 Å². The molecular formula is C11H7NO. The van der Waals surface area contributed by atoms with Crippen LogP contribution in [-0.4, -0.2) is 5.78 Å². The summed E-state index contributed by atoms with van der Waals surface area (Å²) in [6.45, 7) is 2.77. The summed E-state index contributed by atoms with van der Waals surface area (Å²) >= 11 is 0. The Kier molecular flexibility index (Phi) is 1.79. The van der Waals surface area contributed by atoms with Gasteiger partial charge in [-0.25, -0.2) is 0 Å². The van der Waals surface area contributed by atoms with Crippen molar-refractivity contribution < 1.29 is 4.79 Å². The first-order valence-electron chi connectivity index (χ1n) is 3.94. The van der Waals surface area contributed by atoms with Gasteiger partial charge in [-0.3, -0.25) is 4.79 Å². The van der Waals surface area contributed by atoms with Crippen molar-refractivity contribution >= 4 is 11.5 Å². The number of terminal acetylenes is 1. The fourth-order valence-electron chi connectivity index (χ4n) is 1.30. The number of ketones is 1. The maximum absolute atomic E-state index is 11.3. The summed E-state index contributed by atoms with van der Waals surface area (Å²) in [5, 5.41) is 2.90. The minimum Gasteiger partial charge on any atom is -0.374 e. The fourth-order valence-corrected chi connectivity index (χ4v) is 1.30. The molecule has 0 aliphatic carbocycles. The molecule has 0 bridgehead atoms. The molecule has 0 saturated carbocycles. The van der Waals surface area contributed by atoms with Crippen LogP contribution in [0.25, 0.3) is 0 Å². The zero-order valence-corrected chi connectivity index (χ0v) is 6.92. The molecule has 2 radical (unpaired) electrons. The van der Waals surface area contributed by atoms with E-state index in [0.717, 1.165) is 11.3 Å². The summed E-state index contributed by atoms with van der Waals surface area (Å²) in [5.74, 6) is 2.59. The highest BCUT2D eigenvalue weighted by molar-refractivity contribution is 6.04. The first kappa shape index (κ1) is 7.88. The predicted molar refractivity (Wildman–Crippen MR) is 50.2 cm³/mol. The van der Waals surface area contributed by atoms with Crippen molar-refractivity contribution in [2.45, 2.75) is 6.42 Å². The molecule has 0 spiro atoms. The molecule has 2 rings (SSSR count). The van der Waals surface area contributed by atoms with E-state index in [2.05, 4.69) is 17.8 Å². The monoisotopic (exact) mass is 169 g/mol. The molecule has 1 aliphatic rings. The number of anilines is 1. The highest BCUT2D eigenvalue weighted by atomic mass is 16.1. The summed E-state index contributed by atoms with van der Waals surface area (Å²) in [4.78, 5) is 11.3. The molecule has 1 aliphatic heterocycles. The lowest BCUT2D eigenvalue weighted by atomic mass is 10.0. The maximum atomic E-state index is 11.3. The maximum Gasteiger partial charge on any atom is 0.167 e. The Morgan fingerprint density at radius 3 is 3.15 bits per heavy atom. The van der Waals surface area contributed by atoms with Crippen molar-refractivity contribution in [2.24, 2.45) is 0 Å². The Morgan fingerprint density at radius 2 is 2.38 bits per heavy atom. The van der Waals surface area contributed by atoms with Gasteiger partial charge >= 0.3 is 0 Å². The average Bonchev–Trinajstić information content (AvgIpc) is 2.18. The van der Waals surface area contributed by atoms with Gasteiger partial charge in [0.25, 0.3) is 0 Å². The first-order valence-corrected chi connectivity index (χ1v) is 3.94. The van der Waals surface area contributed by atoms with Crippen LogP contribution in [0.5, 0.6) is 0 Å². The molecule has 0 aromatic heterocycles. The Morgan fingerprint density at radius 1 is 1.54 bits per heavy atom. The highest BCUT2D eigenvalue weighted by Crippen LogP contribution is 2.24. The molecule has 0 saturated heterocycles. The average molecular weight is 169 g/mol. The number of Topliss-reactive ketones (excluding diaryl/α,β-unsaturated/α-hetero) is 1. The van der Waals surface area contributed by atoms with E-state index in [1.165, 1.54) is 0 Å². The van der Waals surface area contributed by atoms with E-state index in [1.54, 1.807) is 18.2 Å². The van der Waals surface area contributed by atoms with Crippen LogP contribution in [0, 0.1) is 18.9 Å². The molecule has 0 amide bonds. The second-order valence-corrected chi connectivity index (χ2v) is 2.81. The van der Waals surface area contributed by atoms with Crippen LogP contribution >= 0.6 is 0 Å². The molecule has 0 atom stereocenters. The zero-order valence-electron chi connectivity index (χ0n) is 6.92. The fraction of sp³-hybridized carbons (Fsp3) is 0.0909. The molecule has 1 aromatic carbocycles. The second-order valence-electron chi connectivity index (χ2n) is 2.81. The quantitative estimate of drug-likeness (QED) is 0.599. The van der Waals surface area contributed by atoms with Gasteiger partial charge in [-0.15, -0.1) is 6.42 Å². The number of hydrogen-bond acceptors (Lipinski definition) is 2. The lowest BCUT2D eigenvalue weighted by Crippen LogP contribution is -2.13. The minimum absolute atomic E-state index is 0.0809. The number of nitrogens with one attached hydrogen (secondary N) is 1. The Labute approximate surface area is 77.0 Å². The lowest BCUT2D eigenvalue weighted by molar-refractivity contribution is 0.0990. The van der Waals surface area contributed by atoms with Gasteiger partial charge < -0.3 is 5.32 Å². The summed E-state index contributed by atoms with van der Waals surface area (Å²) in [7, 11) is 0. The largest absolute Gasteiger partial charge is 0.374 e. The molecule has 13 heavy (non-hydrogen) atoms. The van der Waals surface area contributed by atoms with Crippen LogP contribution in [0.3, 0.4) is 0 Å². The van der Waals surface area contributed by atoms with Gasteiger partial charge in [0.15, 0.2) is 5.78 Å². The normalized spacial score (nSPS) is 14.2. The molecule has 0 unspecified atom stereocenters. The van der Waals surface area contributed by atoms with Gasteiger partial charge in [-0.2, -0.15) is 0 Å². The number of carbonyl (C=O) groups is 1. The SMILES string of the molecule is C#Cc1ccc2c(c1)N[C]CC2=O. The summed E-state index contributed by atoms with van der Waals surface area (Å²) < 4.78 is 0. The second kappa shape index (κ2) is 2.95. The molecule has 1 aromatic rings. The Hall–Kier alpha value is -1.75. The van der Waals surface area contributed by atoms with Crippen LogP contribution in [0.15, 0.2) is 18.2 Å². The highest BCUT2D eigenvalue weighted by Gasteiger charge is 2.16. The molecular weight excluding hydrogens is 162 g/mol.